The second-order valence-electron chi connectivity index (χ2n) is 5.78. The summed E-state index contributed by atoms with van der Waals surface area (Å²) in [5.74, 6) is 0.0117. The third-order valence-electron chi connectivity index (χ3n) is 3.85. The lowest BCUT2D eigenvalue weighted by atomic mass is 10.1. The van der Waals surface area contributed by atoms with Crippen molar-refractivity contribution in [3.63, 3.8) is 0 Å². The number of hydrogen-bond donors (Lipinski definition) is 1. The van der Waals surface area contributed by atoms with E-state index in [4.69, 9.17) is 4.74 Å². The molecular weight excluding hydrogens is 316 g/mol. The number of fused-ring (bicyclic) bond motifs is 1. The van der Waals surface area contributed by atoms with Crippen LogP contribution in [0.3, 0.4) is 0 Å². The van der Waals surface area contributed by atoms with Gasteiger partial charge in [-0.05, 0) is 12.5 Å². The largest absolute Gasteiger partial charge is 0.375 e. The molecule has 1 aromatic carbocycles. The smallest absolute Gasteiger partial charge is 0.215 e. The third kappa shape index (κ3) is 4.15. The zero-order chi connectivity index (χ0) is 16.3. The number of rotatable bonds is 5. The van der Waals surface area contributed by atoms with Crippen LogP contribution < -0.4 is 4.72 Å². The van der Waals surface area contributed by atoms with E-state index in [1.165, 1.54) is 0 Å². The van der Waals surface area contributed by atoms with Crippen molar-refractivity contribution in [2.45, 2.75) is 25.8 Å². The molecule has 0 saturated carbocycles. The minimum atomic E-state index is -3.37. The van der Waals surface area contributed by atoms with E-state index in [2.05, 4.69) is 15.0 Å². The quantitative estimate of drug-likeness (QED) is 0.875. The maximum Gasteiger partial charge on any atom is 0.215 e. The zero-order valence-corrected chi connectivity index (χ0v) is 13.8. The van der Waals surface area contributed by atoms with Crippen LogP contribution in [-0.2, 0) is 33.7 Å². The van der Waals surface area contributed by atoms with Crippen LogP contribution in [0, 0.1) is 12.8 Å². The average Bonchev–Trinajstić information content (AvgIpc) is 2.74. The average molecular weight is 336 g/mol. The van der Waals surface area contributed by atoms with Crippen LogP contribution in [0.2, 0.25) is 0 Å². The van der Waals surface area contributed by atoms with E-state index in [-0.39, 0.29) is 11.7 Å². The monoisotopic (exact) mass is 336 g/mol. The second-order valence-corrected chi connectivity index (χ2v) is 7.58. The summed E-state index contributed by atoms with van der Waals surface area (Å²) in [6, 6.07) is 9.14. The van der Waals surface area contributed by atoms with Crippen molar-refractivity contribution in [1.29, 1.82) is 0 Å². The highest BCUT2D eigenvalue weighted by Gasteiger charge is 2.22. The van der Waals surface area contributed by atoms with Gasteiger partial charge in [0.05, 0.1) is 30.4 Å². The molecule has 0 amide bonds. The lowest BCUT2D eigenvalue weighted by Gasteiger charge is -2.15. The van der Waals surface area contributed by atoms with E-state index in [0.29, 0.717) is 26.3 Å². The fraction of sp³-hybridized carbons (Fsp3) is 0.467. The molecule has 23 heavy (non-hydrogen) atoms. The van der Waals surface area contributed by atoms with E-state index >= 15 is 0 Å². The van der Waals surface area contributed by atoms with Crippen molar-refractivity contribution < 1.29 is 13.2 Å². The van der Waals surface area contributed by atoms with Crippen LogP contribution in [-0.4, -0.2) is 36.6 Å². The number of aryl methyl sites for hydroxylation is 1. The number of ether oxygens (including phenoxy) is 1. The van der Waals surface area contributed by atoms with E-state index in [0.717, 1.165) is 17.0 Å². The summed E-state index contributed by atoms with van der Waals surface area (Å²) in [6.45, 7) is 3.78. The Balaban J connectivity index is 1.59. The van der Waals surface area contributed by atoms with Crippen molar-refractivity contribution in [1.82, 2.24) is 19.7 Å². The molecule has 0 spiro atoms. The molecule has 2 heterocycles. The number of nitrogens with zero attached hydrogens (tertiary/aromatic N) is 3. The lowest BCUT2D eigenvalue weighted by molar-refractivity contribution is 0.0954. The predicted octanol–water partition coefficient (Wildman–Crippen LogP) is 0.853. The molecule has 1 atom stereocenters. The molecule has 1 aromatic heterocycles. The van der Waals surface area contributed by atoms with Crippen molar-refractivity contribution in [3.05, 3.63) is 47.3 Å². The molecule has 0 saturated heterocycles. The Morgan fingerprint density at radius 2 is 2.13 bits per heavy atom. The molecule has 1 aliphatic heterocycles. The molecule has 3 rings (SSSR count). The SMILES string of the molecule is Cc1nnn2c1COCC(CNS(=O)(=O)Cc1ccccc1)C2. The van der Waals surface area contributed by atoms with Crippen molar-refractivity contribution in [3.8, 4) is 0 Å². The molecular formula is C15H20N4O3S. The van der Waals surface area contributed by atoms with Crippen LogP contribution in [0.25, 0.3) is 0 Å². The van der Waals surface area contributed by atoms with Gasteiger partial charge in [0.15, 0.2) is 0 Å². The Hall–Kier alpha value is -1.77. The van der Waals surface area contributed by atoms with Gasteiger partial charge in [0.2, 0.25) is 10.0 Å². The first kappa shape index (κ1) is 16.1. The molecule has 0 radical (unpaired) electrons. The molecule has 0 bridgehead atoms. The highest BCUT2D eigenvalue weighted by molar-refractivity contribution is 7.88. The van der Waals surface area contributed by atoms with Gasteiger partial charge in [-0.3, -0.25) is 0 Å². The van der Waals surface area contributed by atoms with Crippen molar-refractivity contribution >= 4 is 10.0 Å². The summed E-state index contributed by atoms with van der Waals surface area (Å²) >= 11 is 0. The lowest BCUT2D eigenvalue weighted by Crippen LogP contribution is -2.33. The van der Waals surface area contributed by atoms with Gasteiger partial charge in [0.25, 0.3) is 0 Å². The predicted molar refractivity (Wildman–Crippen MR) is 85.0 cm³/mol. The first-order valence-corrected chi connectivity index (χ1v) is 9.17. The Morgan fingerprint density at radius 1 is 1.35 bits per heavy atom. The Labute approximate surface area is 135 Å². The molecule has 7 nitrogen and oxygen atoms in total. The van der Waals surface area contributed by atoms with Crippen LogP contribution in [0.4, 0.5) is 0 Å². The standard InChI is InChI=1S/C15H20N4O3S/c1-12-15-10-22-9-14(8-19(15)18-17-12)7-16-23(20,21)11-13-5-3-2-4-6-13/h2-6,14,16H,7-11H2,1H3. The maximum atomic E-state index is 12.2. The van der Waals surface area contributed by atoms with Gasteiger partial charge in [0, 0.05) is 19.0 Å². The summed E-state index contributed by atoms with van der Waals surface area (Å²) in [5.41, 5.74) is 2.58. The highest BCUT2D eigenvalue weighted by atomic mass is 32.2. The van der Waals surface area contributed by atoms with Gasteiger partial charge < -0.3 is 4.74 Å². The number of nitrogens with one attached hydrogen (secondary N) is 1. The fourth-order valence-corrected chi connectivity index (χ4v) is 3.80. The summed E-state index contributed by atoms with van der Waals surface area (Å²) in [4.78, 5) is 0. The molecule has 2 aromatic rings. The summed E-state index contributed by atoms with van der Waals surface area (Å²) in [5, 5.41) is 8.12. The van der Waals surface area contributed by atoms with Crippen LogP contribution in [0.1, 0.15) is 17.0 Å². The second kappa shape index (κ2) is 6.77. The first-order chi connectivity index (χ1) is 11.0. The molecule has 8 heteroatoms. The van der Waals surface area contributed by atoms with E-state index in [9.17, 15) is 8.42 Å². The Bertz CT molecular complexity index is 758. The molecule has 1 aliphatic rings. The molecule has 0 aliphatic carbocycles. The Morgan fingerprint density at radius 3 is 2.91 bits per heavy atom. The minimum absolute atomic E-state index is 0.0187. The number of aromatic nitrogens is 3. The number of sulfonamides is 1. The summed E-state index contributed by atoms with van der Waals surface area (Å²) < 4.78 is 34.5. The Kier molecular flexibility index (Phi) is 4.74. The van der Waals surface area contributed by atoms with Gasteiger partial charge in [-0.25, -0.2) is 17.8 Å². The summed E-state index contributed by atoms with van der Waals surface area (Å²) in [6.07, 6.45) is 0. The van der Waals surface area contributed by atoms with Crippen molar-refractivity contribution in [2.75, 3.05) is 13.2 Å². The normalized spacial score (nSPS) is 18.4. The van der Waals surface area contributed by atoms with Crippen LogP contribution in [0.15, 0.2) is 30.3 Å². The molecule has 1 unspecified atom stereocenters. The molecule has 124 valence electrons. The maximum absolute atomic E-state index is 12.2. The third-order valence-corrected chi connectivity index (χ3v) is 5.17. The summed E-state index contributed by atoms with van der Waals surface area (Å²) in [7, 11) is -3.37. The minimum Gasteiger partial charge on any atom is -0.375 e. The van der Waals surface area contributed by atoms with Crippen LogP contribution in [0.5, 0.6) is 0 Å². The molecule has 1 N–H and O–H groups in total. The van der Waals surface area contributed by atoms with E-state index in [1.807, 2.05) is 25.1 Å². The number of hydrogen-bond acceptors (Lipinski definition) is 5. The van der Waals surface area contributed by atoms with Gasteiger partial charge in [0.1, 0.15) is 0 Å². The van der Waals surface area contributed by atoms with Crippen LogP contribution >= 0.6 is 0 Å². The van der Waals surface area contributed by atoms with Crippen molar-refractivity contribution in [2.24, 2.45) is 5.92 Å². The zero-order valence-electron chi connectivity index (χ0n) is 13.0. The van der Waals surface area contributed by atoms with Gasteiger partial charge in [-0.1, -0.05) is 35.5 Å². The van der Waals surface area contributed by atoms with Gasteiger partial charge >= 0.3 is 0 Å². The van der Waals surface area contributed by atoms with Gasteiger partial charge in [-0.15, -0.1) is 5.10 Å². The topological polar surface area (TPSA) is 86.1 Å². The number of benzene rings is 1. The van der Waals surface area contributed by atoms with E-state index < -0.39 is 10.0 Å². The highest BCUT2D eigenvalue weighted by Crippen LogP contribution is 2.15. The fourth-order valence-electron chi connectivity index (χ4n) is 2.58. The first-order valence-electron chi connectivity index (χ1n) is 7.51. The van der Waals surface area contributed by atoms with Gasteiger partial charge in [-0.2, -0.15) is 0 Å². The molecule has 0 fully saturated rings. The van der Waals surface area contributed by atoms with E-state index in [1.54, 1.807) is 16.8 Å².